The van der Waals surface area contributed by atoms with E-state index in [4.69, 9.17) is 11.6 Å². The second-order valence-corrected chi connectivity index (χ2v) is 9.86. The molecular formula is C19H17ClN2O4S2. The molecule has 0 saturated heterocycles. The number of sulfonamides is 2. The van der Waals surface area contributed by atoms with Crippen molar-refractivity contribution < 1.29 is 16.8 Å². The third-order valence-corrected chi connectivity index (χ3v) is 6.89. The van der Waals surface area contributed by atoms with Crippen molar-refractivity contribution in [2.75, 3.05) is 9.44 Å². The lowest BCUT2D eigenvalue weighted by atomic mass is 10.2. The molecule has 0 spiro atoms. The SMILES string of the molecule is Cc1ccc(S(=O)(=O)Nc2ccc(S(=O)(=O)Nc3ccc(Cl)cc3)cc2)cc1. The van der Waals surface area contributed by atoms with Crippen molar-refractivity contribution in [1.82, 2.24) is 0 Å². The van der Waals surface area contributed by atoms with Crippen LogP contribution in [-0.4, -0.2) is 16.8 Å². The normalized spacial score (nSPS) is 11.8. The van der Waals surface area contributed by atoms with Crippen molar-refractivity contribution >= 4 is 43.0 Å². The number of hydrogen-bond donors (Lipinski definition) is 2. The summed E-state index contributed by atoms with van der Waals surface area (Å²) < 4.78 is 54.6. The summed E-state index contributed by atoms with van der Waals surface area (Å²) in [6, 6.07) is 18.1. The van der Waals surface area contributed by atoms with Gasteiger partial charge in [-0.05, 0) is 67.6 Å². The predicted octanol–water partition coefficient (Wildman–Crippen LogP) is 4.25. The van der Waals surface area contributed by atoms with Crippen LogP contribution in [0.15, 0.2) is 82.6 Å². The zero-order chi connectivity index (χ0) is 20.4. The predicted molar refractivity (Wildman–Crippen MR) is 111 cm³/mol. The van der Waals surface area contributed by atoms with Gasteiger partial charge in [0, 0.05) is 16.4 Å². The van der Waals surface area contributed by atoms with Crippen LogP contribution in [0, 0.1) is 6.92 Å². The summed E-state index contributed by atoms with van der Waals surface area (Å²) in [5.74, 6) is 0. The summed E-state index contributed by atoms with van der Waals surface area (Å²) in [6.07, 6.45) is 0. The molecule has 0 fully saturated rings. The third kappa shape index (κ3) is 4.83. The monoisotopic (exact) mass is 436 g/mol. The number of benzene rings is 3. The first-order chi connectivity index (χ1) is 13.2. The van der Waals surface area contributed by atoms with E-state index in [0.29, 0.717) is 10.7 Å². The van der Waals surface area contributed by atoms with Crippen LogP contribution in [0.3, 0.4) is 0 Å². The lowest BCUT2D eigenvalue weighted by molar-refractivity contribution is 0.600. The fourth-order valence-electron chi connectivity index (χ4n) is 2.37. The fraction of sp³-hybridized carbons (Fsp3) is 0.0526. The lowest BCUT2D eigenvalue weighted by Crippen LogP contribution is -2.14. The zero-order valence-electron chi connectivity index (χ0n) is 14.8. The number of anilines is 2. The van der Waals surface area contributed by atoms with Crippen molar-refractivity contribution in [1.29, 1.82) is 0 Å². The van der Waals surface area contributed by atoms with Gasteiger partial charge in [-0.1, -0.05) is 29.3 Å². The van der Waals surface area contributed by atoms with Gasteiger partial charge in [-0.25, -0.2) is 16.8 Å². The highest BCUT2D eigenvalue weighted by atomic mass is 35.5. The molecule has 0 atom stereocenters. The first-order valence-electron chi connectivity index (χ1n) is 8.14. The van der Waals surface area contributed by atoms with Crippen LogP contribution in [0.4, 0.5) is 11.4 Å². The second-order valence-electron chi connectivity index (χ2n) is 6.06. The molecule has 0 heterocycles. The third-order valence-electron chi connectivity index (χ3n) is 3.84. The maximum Gasteiger partial charge on any atom is 0.261 e. The molecule has 0 unspecified atom stereocenters. The number of hydrogen-bond acceptors (Lipinski definition) is 4. The smallest absolute Gasteiger partial charge is 0.261 e. The molecule has 0 bridgehead atoms. The summed E-state index contributed by atoms with van der Waals surface area (Å²) >= 11 is 5.79. The largest absolute Gasteiger partial charge is 0.280 e. The molecule has 0 aliphatic rings. The molecule has 9 heteroatoms. The van der Waals surface area contributed by atoms with Crippen LogP contribution in [0.5, 0.6) is 0 Å². The minimum absolute atomic E-state index is 0.000680. The van der Waals surface area contributed by atoms with Crippen LogP contribution < -0.4 is 9.44 Å². The van der Waals surface area contributed by atoms with Gasteiger partial charge in [0.1, 0.15) is 0 Å². The van der Waals surface area contributed by atoms with Crippen molar-refractivity contribution in [3.63, 3.8) is 0 Å². The molecule has 3 aromatic carbocycles. The molecule has 2 N–H and O–H groups in total. The maximum atomic E-state index is 12.5. The Morgan fingerprint density at radius 3 is 1.39 bits per heavy atom. The Morgan fingerprint density at radius 2 is 0.964 bits per heavy atom. The van der Waals surface area contributed by atoms with E-state index in [1.54, 1.807) is 36.4 Å². The molecule has 0 amide bonds. The Morgan fingerprint density at radius 1 is 0.607 bits per heavy atom. The van der Waals surface area contributed by atoms with E-state index in [1.807, 2.05) is 6.92 Å². The zero-order valence-corrected chi connectivity index (χ0v) is 17.1. The highest BCUT2D eigenvalue weighted by Gasteiger charge is 2.17. The van der Waals surface area contributed by atoms with Crippen molar-refractivity contribution in [3.05, 3.63) is 83.4 Å². The standard InChI is InChI=1S/C19H17ClN2O4S2/c1-14-2-10-18(11-3-14)27(23,24)22-17-8-12-19(13-9-17)28(25,26)21-16-6-4-15(20)5-7-16/h2-13,21-22H,1H3. The quantitative estimate of drug-likeness (QED) is 0.604. The van der Waals surface area contributed by atoms with E-state index in [1.165, 1.54) is 36.4 Å². The van der Waals surface area contributed by atoms with Gasteiger partial charge >= 0.3 is 0 Å². The van der Waals surface area contributed by atoms with Gasteiger partial charge in [0.2, 0.25) is 0 Å². The van der Waals surface area contributed by atoms with Crippen LogP contribution in [0.1, 0.15) is 5.56 Å². The molecule has 0 aliphatic heterocycles. The molecule has 6 nitrogen and oxygen atoms in total. The molecular weight excluding hydrogens is 420 g/mol. The summed E-state index contributed by atoms with van der Waals surface area (Å²) in [5, 5.41) is 0.494. The average Bonchev–Trinajstić information content (AvgIpc) is 2.64. The van der Waals surface area contributed by atoms with Gasteiger partial charge in [0.25, 0.3) is 20.0 Å². The van der Waals surface area contributed by atoms with Crippen LogP contribution >= 0.6 is 11.6 Å². The summed E-state index contributed by atoms with van der Waals surface area (Å²) in [4.78, 5) is 0.125. The van der Waals surface area contributed by atoms with Crippen LogP contribution in [0.2, 0.25) is 5.02 Å². The summed E-state index contributed by atoms with van der Waals surface area (Å²) in [7, 11) is -7.57. The van der Waals surface area contributed by atoms with E-state index >= 15 is 0 Å². The molecule has 0 aliphatic carbocycles. The molecule has 3 aromatic rings. The molecule has 28 heavy (non-hydrogen) atoms. The van der Waals surface area contributed by atoms with E-state index in [0.717, 1.165) is 5.56 Å². The van der Waals surface area contributed by atoms with E-state index in [-0.39, 0.29) is 15.5 Å². The summed E-state index contributed by atoms with van der Waals surface area (Å²) in [6.45, 7) is 1.86. The van der Waals surface area contributed by atoms with Gasteiger partial charge < -0.3 is 0 Å². The molecule has 3 rings (SSSR count). The molecule has 0 aromatic heterocycles. The first kappa shape index (κ1) is 20.2. The highest BCUT2D eigenvalue weighted by molar-refractivity contribution is 7.93. The fourth-order valence-corrected chi connectivity index (χ4v) is 4.61. The van der Waals surface area contributed by atoms with Gasteiger partial charge in [-0.2, -0.15) is 0 Å². The maximum absolute atomic E-state index is 12.5. The van der Waals surface area contributed by atoms with E-state index in [9.17, 15) is 16.8 Å². The topological polar surface area (TPSA) is 92.3 Å². The van der Waals surface area contributed by atoms with Gasteiger partial charge in [0.15, 0.2) is 0 Å². The van der Waals surface area contributed by atoms with Crippen molar-refractivity contribution in [2.45, 2.75) is 16.7 Å². The van der Waals surface area contributed by atoms with E-state index < -0.39 is 20.0 Å². The Hall–Kier alpha value is -2.55. The van der Waals surface area contributed by atoms with Gasteiger partial charge in [-0.3, -0.25) is 9.44 Å². The second kappa shape index (κ2) is 7.83. The summed E-state index contributed by atoms with van der Waals surface area (Å²) in [5.41, 5.74) is 1.57. The Kier molecular flexibility index (Phi) is 5.64. The first-order valence-corrected chi connectivity index (χ1v) is 11.5. The molecule has 0 radical (unpaired) electrons. The van der Waals surface area contributed by atoms with Gasteiger partial charge in [-0.15, -0.1) is 0 Å². The van der Waals surface area contributed by atoms with Crippen LogP contribution in [-0.2, 0) is 20.0 Å². The Labute approximate surface area is 169 Å². The number of aryl methyl sites for hydroxylation is 1. The molecule has 146 valence electrons. The van der Waals surface area contributed by atoms with Crippen LogP contribution in [0.25, 0.3) is 0 Å². The number of nitrogens with one attached hydrogen (secondary N) is 2. The number of halogens is 1. The molecule has 0 saturated carbocycles. The number of rotatable bonds is 6. The van der Waals surface area contributed by atoms with E-state index in [2.05, 4.69) is 9.44 Å². The van der Waals surface area contributed by atoms with Crippen molar-refractivity contribution in [3.8, 4) is 0 Å². The minimum Gasteiger partial charge on any atom is -0.280 e. The average molecular weight is 437 g/mol. The minimum atomic E-state index is -3.81. The Bertz CT molecular complexity index is 1170. The van der Waals surface area contributed by atoms with Gasteiger partial charge in [0.05, 0.1) is 9.79 Å². The lowest BCUT2D eigenvalue weighted by Gasteiger charge is -2.11. The van der Waals surface area contributed by atoms with Crippen molar-refractivity contribution in [2.24, 2.45) is 0 Å². The highest BCUT2D eigenvalue weighted by Crippen LogP contribution is 2.21. The Balaban J connectivity index is 1.77.